The van der Waals surface area contributed by atoms with Crippen molar-refractivity contribution in [2.45, 2.75) is 39.5 Å². The van der Waals surface area contributed by atoms with Gasteiger partial charge in [-0.15, -0.1) is 0 Å². The molecule has 0 radical (unpaired) electrons. The number of carboxylic acids is 1. The van der Waals surface area contributed by atoms with Gasteiger partial charge in [-0.3, -0.25) is 0 Å². The molecule has 1 aromatic carbocycles. The molecule has 0 spiro atoms. The van der Waals surface area contributed by atoms with Crippen LogP contribution in [0.15, 0.2) is 18.2 Å². The molecule has 22 heavy (non-hydrogen) atoms. The van der Waals surface area contributed by atoms with Gasteiger partial charge in [0.1, 0.15) is 0 Å². The van der Waals surface area contributed by atoms with Gasteiger partial charge < -0.3 is 9.90 Å². The van der Waals surface area contributed by atoms with Gasteiger partial charge in [-0.25, -0.2) is 4.68 Å². The van der Waals surface area contributed by atoms with Crippen LogP contribution in [0.3, 0.4) is 0 Å². The SMILES string of the molecule is CC(C)c1nn(-c2ccc(Cl)c(Cl)c2)c(C(C)C)c1C(=O)[O-]. The first-order valence-electron chi connectivity index (χ1n) is 7.03. The Morgan fingerprint density at radius 3 is 2.23 bits per heavy atom. The number of benzene rings is 1. The third-order valence-corrected chi connectivity index (χ3v) is 4.13. The summed E-state index contributed by atoms with van der Waals surface area (Å²) in [6, 6.07) is 5.10. The van der Waals surface area contributed by atoms with Gasteiger partial charge in [-0.2, -0.15) is 5.10 Å². The van der Waals surface area contributed by atoms with Crippen LogP contribution in [0.4, 0.5) is 0 Å². The first kappa shape index (κ1) is 16.8. The van der Waals surface area contributed by atoms with E-state index in [2.05, 4.69) is 5.10 Å². The average Bonchev–Trinajstić information content (AvgIpc) is 2.82. The smallest absolute Gasteiger partial charge is 0.0752 e. The van der Waals surface area contributed by atoms with Crippen LogP contribution in [-0.2, 0) is 0 Å². The number of hydrogen-bond acceptors (Lipinski definition) is 3. The summed E-state index contributed by atoms with van der Waals surface area (Å²) in [5.74, 6) is -1.28. The number of carbonyl (C=O) groups is 1. The van der Waals surface area contributed by atoms with Crippen LogP contribution in [0.2, 0.25) is 10.0 Å². The quantitative estimate of drug-likeness (QED) is 0.851. The number of halogens is 2. The van der Waals surface area contributed by atoms with E-state index in [1.54, 1.807) is 22.9 Å². The summed E-state index contributed by atoms with van der Waals surface area (Å²) in [6.45, 7) is 7.64. The maximum atomic E-state index is 11.6. The van der Waals surface area contributed by atoms with Gasteiger partial charge in [0, 0.05) is 5.56 Å². The molecule has 1 heterocycles. The molecule has 0 atom stereocenters. The molecule has 1 aromatic heterocycles. The zero-order valence-electron chi connectivity index (χ0n) is 12.9. The molecule has 4 nitrogen and oxygen atoms in total. The molecule has 2 rings (SSSR count). The first-order valence-corrected chi connectivity index (χ1v) is 7.79. The molecule has 0 saturated heterocycles. The van der Waals surface area contributed by atoms with Crippen LogP contribution in [-0.4, -0.2) is 15.7 Å². The molecule has 0 N–H and O–H groups in total. The molecule has 0 aliphatic carbocycles. The third kappa shape index (κ3) is 2.99. The largest absolute Gasteiger partial charge is 0.545 e. The van der Waals surface area contributed by atoms with E-state index < -0.39 is 5.97 Å². The molecule has 0 bridgehead atoms. The van der Waals surface area contributed by atoms with Crippen LogP contribution in [0.1, 0.15) is 61.3 Å². The fourth-order valence-electron chi connectivity index (χ4n) is 2.41. The fraction of sp³-hybridized carbons (Fsp3) is 0.375. The van der Waals surface area contributed by atoms with Crippen LogP contribution in [0, 0.1) is 0 Å². The molecular formula is C16H17Cl2N2O2-. The highest BCUT2D eigenvalue weighted by Gasteiger charge is 2.23. The van der Waals surface area contributed by atoms with E-state index in [4.69, 9.17) is 23.2 Å². The van der Waals surface area contributed by atoms with E-state index in [1.165, 1.54) is 0 Å². The van der Waals surface area contributed by atoms with E-state index >= 15 is 0 Å². The molecule has 0 unspecified atom stereocenters. The first-order chi connectivity index (χ1) is 10.2. The Kier molecular flexibility index (Phi) is 4.83. The second-order valence-electron chi connectivity index (χ2n) is 5.75. The average molecular weight is 340 g/mol. The Labute approximate surface area is 139 Å². The highest BCUT2D eigenvalue weighted by Crippen LogP contribution is 2.31. The minimum Gasteiger partial charge on any atom is -0.545 e. The van der Waals surface area contributed by atoms with Crippen LogP contribution >= 0.6 is 23.2 Å². The van der Waals surface area contributed by atoms with E-state index in [0.29, 0.717) is 27.1 Å². The predicted molar refractivity (Wildman–Crippen MR) is 86.1 cm³/mol. The lowest BCUT2D eigenvalue weighted by molar-refractivity contribution is -0.255. The highest BCUT2D eigenvalue weighted by molar-refractivity contribution is 6.42. The molecule has 0 amide bonds. The molecular weight excluding hydrogens is 323 g/mol. The zero-order valence-corrected chi connectivity index (χ0v) is 14.4. The van der Waals surface area contributed by atoms with Gasteiger partial charge in [0.15, 0.2) is 0 Å². The number of aromatic nitrogens is 2. The Morgan fingerprint density at radius 2 is 1.77 bits per heavy atom. The van der Waals surface area contributed by atoms with Crippen molar-refractivity contribution in [3.05, 3.63) is 45.2 Å². The van der Waals surface area contributed by atoms with Crippen LogP contribution in [0.5, 0.6) is 0 Å². The van der Waals surface area contributed by atoms with Gasteiger partial charge in [0.2, 0.25) is 0 Å². The maximum absolute atomic E-state index is 11.6. The second kappa shape index (κ2) is 6.31. The zero-order chi connectivity index (χ0) is 16.6. The normalized spacial score (nSPS) is 11.5. The van der Waals surface area contributed by atoms with Crippen LogP contribution < -0.4 is 5.11 Å². The minimum atomic E-state index is -1.21. The monoisotopic (exact) mass is 339 g/mol. The molecule has 118 valence electrons. The Bertz CT molecular complexity index is 721. The van der Waals surface area contributed by atoms with E-state index in [-0.39, 0.29) is 17.4 Å². The summed E-state index contributed by atoms with van der Waals surface area (Å²) in [5, 5.41) is 16.9. The lowest BCUT2D eigenvalue weighted by Crippen LogP contribution is -2.25. The van der Waals surface area contributed by atoms with E-state index in [1.807, 2.05) is 27.7 Å². The lowest BCUT2D eigenvalue weighted by Gasteiger charge is -2.14. The Morgan fingerprint density at radius 1 is 1.14 bits per heavy atom. The number of rotatable bonds is 4. The number of carboxylic acid groups (broad SMARTS) is 1. The van der Waals surface area contributed by atoms with Crippen molar-refractivity contribution in [3.8, 4) is 5.69 Å². The summed E-state index contributed by atoms with van der Waals surface area (Å²) in [7, 11) is 0. The summed E-state index contributed by atoms with van der Waals surface area (Å²) in [5.41, 5.74) is 1.94. The van der Waals surface area contributed by atoms with Crippen LogP contribution in [0.25, 0.3) is 5.69 Å². The molecule has 0 aliphatic heterocycles. The summed E-state index contributed by atoms with van der Waals surface area (Å²) >= 11 is 12.0. The summed E-state index contributed by atoms with van der Waals surface area (Å²) < 4.78 is 1.62. The van der Waals surface area contributed by atoms with Crippen molar-refractivity contribution in [2.75, 3.05) is 0 Å². The van der Waals surface area contributed by atoms with Gasteiger partial charge in [-0.05, 0) is 30.0 Å². The number of hydrogen-bond donors (Lipinski definition) is 0. The maximum Gasteiger partial charge on any atom is 0.0752 e. The van der Waals surface area contributed by atoms with Crippen molar-refractivity contribution >= 4 is 29.2 Å². The lowest BCUT2D eigenvalue weighted by atomic mass is 9.99. The molecule has 6 heteroatoms. The van der Waals surface area contributed by atoms with Gasteiger partial charge in [-0.1, -0.05) is 50.9 Å². The van der Waals surface area contributed by atoms with Crippen molar-refractivity contribution in [2.24, 2.45) is 0 Å². The molecule has 0 saturated carbocycles. The topological polar surface area (TPSA) is 58.0 Å². The second-order valence-corrected chi connectivity index (χ2v) is 6.57. The summed E-state index contributed by atoms with van der Waals surface area (Å²) in [6.07, 6.45) is 0. The molecule has 2 aromatic rings. The standard InChI is InChI=1S/C16H18Cl2N2O2/c1-8(2)14-13(16(21)22)15(9(3)4)20(19-14)10-5-6-11(17)12(18)7-10/h5-9H,1-4H3,(H,21,22)/p-1. The fourth-order valence-corrected chi connectivity index (χ4v) is 2.70. The molecule has 0 fully saturated rings. The summed E-state index contributed by atoms with van der Waals surface area (Å²) in [4.78, 5) is 11.6. The third-order valence-electron chi connectivity index (χ3n) is 3.39. The predicted octanol–water partition coefficient (Wildman–Crippen LogP) is 3.79. The highest BCUT2D eigenvalue weighted by atomic mass is 35.5. The van der Waals surface area contributed by atoms with Crippen molar-refractivity contribution in [1.82, 2.24) is 9.78 Å². The minimum absolute atomic E-state index is 0.0329. The van der Waals surface area contributed by atoms with Gasteiger partial charge in [0.25, 0.3) is 0 Å². The number of carbonyl (C=O) groups excluding carboxylic acids is 1. The Hall–Kier alpha value is -1.52. The molecule has 0 aliphatic rings. The van der Waals surface area contributed by atoms with E-state index in [9.17, 15) is 9.90 Å². The van der Waals surface area contributed by atoms with Crippen molar-refractivity contribution in [3.63, 3.8) is 0 Å². The van der Waals surface area contributed by atoms with Gasteiger partial charge in [0.05, 0.1) is 33.1 Å². The van der Waals surface area contributed by atoms with Gasteiger partial charge >= 0.3 is 0 Å². The Balaban J connectivity index is 2.77. The van der Waals surface area contributed by atoms with Crippen molar-refractivity contribution < 1.29 is 9.90 Å². The number of nitrogens with zero attached hydrogens (tertiary/aromatic N) is 2. The number of aromatic carboxylic acids is 1. The van der Waals surface area contributed by atoms with Crippen molar-refractivity contribution in [1.29, 1.82) is 0 Å². The van der Waals surface area contributed by atoms with E-state index in [0.717, 1.165) is 0 Å².